The topological polar surface area (TPSA) is 46.5 Å². The highest BCUT2D eigenvalue weighted by molar-refractivity contribution is 7.99. The Kier molecular flexibility index (Phi) is 6.07. The number of benzene rings is 1. The fraction of sp³-hybridized carbons (Fsp3) is 0.417. The van der Waals surface area contributed by atoms with Crippen molar-refractivity contribution in [3.63, 3.8) is 0 Å². The Bertz CT molecular complexity index is 412. The molecular weight excluding hydrogens is 262 g/mol. The van der Waals surface area contributed by atoms with Gasteiger partial charge in [0.1, 0.15) is 11.6 Å². The third-order valence-electron chi connectivity index (χ3n) is 2.17. The molecule has 3 nitrogen and oxygen atoms in total. The van der Waals surface area contributed by atoms with E-state index in [-0.39, 0.29) is 6.42 Å². The zero-order valence-corrected chi connectivity index (χ0v) is 10.7. The standard InChI is InChI=1S/C12H14F2O3S/c1-2-17-10(12(15)16)5-6-18-11-4-3-8(13)7-9(11)14/h3-4,7,10H,2,5-6H2,1H3,(H,15,16). The van der Waals surface area contributed by atoms with Crippen LogP contribution in [-0.4, -0.2) is 29.5 Å². The largest absolute Gasteiger partial charge is 0.479 e. The van der Waals surface area contributed by atoms with Crippen LogP contribution in [0.15, 0.2) is 23.1 Å². The van der Waals surface area contributed by atoms with Crippen LogP contribution in [0, 0.1) is 11.6 Å². The van der Waals surface area contributed by atoms with Gasteiger partial charge in [0.2, 0.25) is 0 Å². The molecule has 0 heterocycles. The third kappa shape index (κ3) is 4.62. The predicted molar refractivity (Wildman–Crippen MR) is 64.7 cm³/mol. The van der Waals surface area contributed by atoms with Gasteiger partial charge in [-0.05, 0) is 25.5 Å². The van der Waals surface area contributed by atoms with Crippen molar-refractivity contribution in [1.29, 1.82) is 0 Å². The van der Waals surface area contributed by atoms with Gasteiger partial charge < -0.3 is 9.84 Å². The molecule has 0 saturated heterocycles. The van der Waals surface area contributed by atoms with E-state index in [1.54, 1.807) is 6.92 Å². The van der Waals surface area contributed by atoms with Crippen LogP contribution in [-0.2, 0) is 9.53 Å². The normalized spacial score (nSPS) is 12.4. The molecule has 1 atom stereocenters. The average Bonchev–Trinajstić information content (AvgIpc) is 2.30. The molecule has 0 amide bonds. The minimum Gasteiger partial charge on any atom is -0.479 e. The Morgan fingerprint density at radius 2 is 2.22 bits per heavy atom. The molecular formula is C12H14F2O3S. The first-order valence-corrected chi connectivity index (χ1v) is 6.45. The molecule has 18 heavy (non-hydrogen) atoms. The van der Waals surface area contributed by atoms with Crippen LogP contribution < -0.4 is 0 Å². The summed E-state index contributed by atoms with van der Waals surface area (Å²) in [7, 11) is 0. The van der Waals surface area contributed by atoms with Gasteiger partial charge in [0.05, 0.1) is 0 Å². The average molecular weight is 276 g/mol. The fourth-order valence-electron chi connectivity index (χ4n) is 1.35. The van der Waals surface area contributed by atoms with Crippen molar-refractivity contribution in [2.75, 3.05) is 12.4 Å². The van der Waals surface area contributed by atoms with Crippen LogP contribution in [0.1, 0.15) is 13.3 Å². The van der Waals surface area contributed by atoms with Gasteiger partial charge in [0.15, 0.2) is 6.10 Å². The van der Waals surface area contributed by atoms with E-state index in [1.165, 1.54) is 12.1 Å². The lowest BCUT2D eigenvalue weighted by molar-refractivity contribution is -0.150. The number of ether oxygens (including phenoxy) is 1. The van der Waals surface area contributed by atoms with Gasteiger partial charge in [-0.25, -0.2) is 13.6 Å². The van der Waals surface area contributed by atoms with E-state index in [0.717, 1.165) is 17.8 Å². The van der Waals surface area contributed by atoms with Crippen LogP contribution in [0.5, 0.6) is 0 Å². The minimum atomic E-state index is -1.03. The lowest BCUT2D eigenvalue weighted by Gasteiger charge is -2.11. The summed E-state index contributed by atoms with van der Waals surface area (Å²) in [5, 5.41) is 8.83. The molecule has 0 aliphatic carbocycles. The molecule has 6 heteroatoms. The Labute approximate surface area is 108 Å². The molecule has 0 spiro atoms. The maximum absolute atomic E-state index is 13.3. The van der Waals surface area contributed by atoms with Crippen LogP contribution >= 0.6 is 11.8 Å². The molecule has 100 valence electrons. The summed E-state index contributed by atoms with van der Waals surface area (Å²) in [6.07, 6.45) is -0.615. The molecule has 0 aromatic heterocycles. The molecule has 1 aromatic rings. The smallest absolute Gasteiger partial charge is 0.332 e. The Balaban J connectivity index is 2.47. The van der Waals surface area contributed by atoms with Crippen LogP contribution in [0.25, 0.3) is 0 Å². The number of carbonyl (C=O) groups is 1. The van der Waals surface area contributed by atoms with Crippen LogP contribution in [0.4, 0.5) is 8.78 Å². The van der Waals surface area contributed by atoms with E-state index in [0.29, 0.717) is 17.3 Å². The first-order valence-electron chi connectivity index (χ1n) is 5.46. The summed E-state index contributed by atoms with van der Waals surface area (Å²) in [6.45, 7) is 2.02. The Hall–Kier alpha value is -1.14. The van der Waals surface area contributed by atoms with Gasteiger partial charge >= 0.3 is 5.97 Å². The number of hydrogen-bond donors (Lipinski definition) is 1. The van der Waals surface area contributed by atoms with Gasteiger partial charge in [0, 0.05) is 23.3 Å². The summed E-state index contributed by atoms with van der Waals surface area (Å²) in [6, 6.07) is 3.31. The zero-order chi connectivity index (χ0) is 13.5. The van der Waals surface area contributed by atoms with Gasteiger partial charge in [-0.2, -0.15) is 0 Å². The summed E-state index contributed by atoms with van der Waals surface area (Å²) >= 11 is 1.14. The second-order valence-electron chi connectivity index (χ2n) is 3.49. The fourth-order valence-corrected chi connectivity index (χ4v) is 2.26. The van der Waals surface area contributed by atoms with E-state index in [9.17, 15) is 13.6 Å². The molecule has 0 aliphatic rings. The van der Waals surface area contributed by atoms with E-state index in [1.807, 2.05) is 0 Å². The molecule has 1 aromatic carbocycles. The van der Waals surface area contributed by atoms with Crippen molar-refractivity contribution in [2.45, 2.75) is 24.3 Å². The van der Waals surface area contributed by atoms with Crippen molar-refractivity contribution in [2.24, 2.45) is 0 Å². The minimum absolute atomic E-state index is 0.269. The van der Waals surface area contributed by atoms with Crippen molar-refractivity contribution in [3.8, 4) is 0 Å². The van der Waals surface area contributed by atoms with Gasteiger partial charge in [0.25, 0.3) is 0 Å². The molecule has 0 radical (unpaired) electrons. The summed E-state index contributed by atoms with van der Waals surface area (Å²) < 4.78 is 31.0. The van der Waals surface area contributed by atoms with Crippen molar-refractivity contribution >= 4 is 17.7 Å². The molecule has 0 aliphatic heterocycles. The molecule has 1 N–H and O–H groups in total. The molecule has 0 saturated carbocycles. The second-order valence-corrected chi connectivity index (χ2v) is 4.63. The highest BCUT2D eigenvalue weighted by Gasteiger charge is 2.17. The molecule has 0 bridgehead atoms. The quantitative estimate of drug-likeness (QED) is 0.778. The maximum atomic E-state index is 13.3. The predicted octanol–water partition coefficient (Wildman–Crippen LogP) is 2.94. The SMILES string of the molecule is CCOC(CCSc1ccc(F)cc1F)C(=O)O. The van der Waals surface area contributed by atoms with Crippen LogP contribution in [0.2, 0.25) is 0 Å². The van der Waals surface area contributed by atoms with Gasteiger partial charge in [-0.1, -0.05) is 0 Å². The summed E-state index contributed by atoms with van der Waals surface area (Å²) in [5.41, 5.74) is 0. The monoisotopic (exact) mass is 276 g/mol. The third-order valence-corrected chi connectivity index (χ3v) is 3.26. The zero-order valence-electron chi connectivity index (χ0n) is 9.86. The maximum Gasteiger partial charge on any atom is 0.332 e. The van der Waals surface area contributed by atoms with Crippen molar-refractivity contribution < 1.29 is 23.4 Å². The number of rotatable bonds is 7. The van der Waals surface area contributed by atoms with E-state index in [2.05, 4.69) is 0 Å². The molecule has 1 rings (SSSR count). The number of halogens is 2. The van der Waals surface area contributed by atoms with Crippen molar-refractivity contribution in [3.05, 3.63) is 29.8 Å². The second kappa shape index (κ2) is 7.33. The number of hydrogen-bond acceptors (Lipinski definition) is 3. The number of thioether (sulfide) groups is 1. The number of carboxylic acids is 1. The van der Waals surface area contributed by atoms with E-state index >= 15 is 0 Å². The first-order chi connectivity index (χ1) is 8.54. The highest BCUT2D eigenvalue weighted by atomic mass is 32.2. The Morgan fingerprint density at radius 3 is 2.78 bits per heavy atom. The van der Waals surface area contributed by atoms with Crippen LogP contribution in [0.3, 0.4) is 0 Å². The first kappa shape index (κ1) is 14.9. The lowest BCUT2D eigenvalue weighted by Crippen LogP contribution is -2.24. The number of aliphatic carboxylic acids is 1. The van der Waals surface area contributed by atoms with E-state index < -0.39 is 23.7 Å². The van der Waals surface area contributed by atoms with Crippen molar-refractivity contribution in [1.82, 2.24) is 0 Å². The van der Waals surface area contributed by atoms with Gasteiger partial charge in [-0.3, -0.25) is 0 Å². The van der Waals surface area contributed by atoms with Gasteiger partial charge in [-0.15, -0.1) is 11.8 Å². The molecule has 1 unspecified atom stereocenters. The van der Waals surface area contributed by atoms with E-state index in [4.69, 9.17) is 9.84 Å². The molecule has 0 fully saturated rings. The lowest BCUT2D eigenvalue weighted by atomic mass is 10.3. The Morgan fingerprint density at radius 1 is 1.50 bits per heavy atom. The number of carboxylic acid groups (broad SMARTS) is 1. The summed E-state index contributed by atoms with van der Waals surface area (Å²) in [5.74, 6) is -1.91. The summed E-state index contributed by atoms with van der Waals surface area (Å²) in [4.78, 5) is 11.1. The highest BCUT2D eigenvalue weighted by Crippen LogP contribution is 2.23.